The summed E-state index contributed by atoms with van der Waals surface area (Å²) in [5.74, 6) is 1.37. The van der Waals surface area contributed by atoms with Crippen molar-refractivity contribution in [2.45, 2.75) is 19.8 Å². The van der Waals surface area contributed by atoms with Crippen LogP contribution in [0.3, 0.4) is 0 Å². The monoisotopic (exact) mass is 393 g/mol. The number of aryl methyl sites for hydroxylation is 1. The quantitative estimate of drug-likeness (QED) is 0.349. The molecule has 3 rings (SSSR count). The van der Waals surface area contributed by atoms with Gasteiger partial charge in [-0.3, -0.25) is 5.43 Å². The largest absolute Gasteiger partial charge is 0.368 e. The van der Waals surface area contributed by atoms with Gasteiger partial charge in [-0.05, 0) is 35.3 Å². The summed E-state index contributed by atoms with van der Waals surface area (Å²) in [4.78, 5) is 4.21. The number of benzene rings is 2. The van der Waals surface area contributed by atoms with Crippen LogP contribution in [0, 0.1) is 0 Å². The SMILES string of the molecule is CC(C)c1ccccc1NC(=S)NN=Cc1ccc(-c2nc(N)n(C)n2)cc1. The van der Waals surface area contributed by atoms with E-state index in [1.54, 1.807) is 17.9 Å². The summed E-state index contributed by atoms with van der Waals surface area (Å²) in [6.45, 7) is 4.29. The Morgan fingerprint density at radius 1 is 1.18 bits per heavy atom. The van der Waals surface area contributed by atoms with Crippen molar-refractivity contribution in [2.24, 2.45) is 12.1 Å². The van der Waals surface area contributed by atoms with E-state index in [1.807, 2.05) is 42.5 Å². The Labute approximate surface area is 169 Å². The third-order valence-electron chi connectivity index (χ3n) is 4.18. The molecule has 1 aromatic heterocycles. The van der Waals surface area contributed by atoms with Crippen LogP contribution in [-0.4, -0.2) is 26.1 Å². The van der Waals surface area contributed by atoms with Gasteiger partial charge in [0, 0.05) is 18.3 Å². The van der Waals surface area contributed by atoms with Crippen LogP contribution in [0.2, 0.25) is 0 Å². The molecule has 3 aromatic rings. The van der Waals surface area contributed by atoms with Gasteiger partial charge in [0.05, 0.1) is 6.21 Å². The van der Waals surface area contributed by atoms with Crippen LogP contribution >= 0.6 is 12.2 Å². The van der Waals surface area contributed by atoms with Crippen molar-refractivity contribution in [3.63, 3.8) is 0 Å². The van der Waals surface area contributed by atoms with E-state index in [4.69, 9.17) is 18.0 Å². The Bertz CT molecular complexity index is 971. The van der Waals surface area contributed by atoms with Crippen molar-refractivity contribution in [2.75, 3.05) is 11.1 Å². The predicted octanol–water partition coefficient (Wildman–Crippen LogP) is 3.51. The Balaban J connectivity index is 1.59. The van der Waals surface area contributed by atoms with E-state index in [1.165, 1.54) is 5.56 Å². The molecule has 4 N–H and O–H groups in total. The van der Waals surface area contributed by atoms with Crippen LogP contribution in [0.5, 0.6) is 0 Å². The Hall–Kier alpha value is -3.26. The van der Waals surface area contributed by atoms with Crippen molar-refractivity contribution in [1.82, 2.24) is 20.2 Å². The smallest absolute Gasteiger partial charge is 0.218 e. The van der Waals surface area contributed by atoms with Gasteiger partial charge in [0.2, 0.25) is 5.95 Å². The summed E-state index contributed by atoms with van der Waals surface area (Å²) < 4.78 is 1.54. The molecule has 1 heterocycles. The molecule has 0 fully saturated rings. The number of para-hydroxylation sites is 1. The molecule has 0 unspecified atom stereocenters. The fourth-order valence-corrected chi connectivity index (χ4v) is 2.83. The average molecular weight is 394 g/mol. The van der Waals surface area contributed by atoms with Crippen LogP contribution in [0.4, 0.5) is 11.6 Å². The van der Waals surface area contributed by atoms with Crippen molar-refractivity contribution in [3.8, 4) is 11.4 Å². The standard InChI is InChI=1S/C20H23N7S/c1-13(2)16-6-4-5-7-17(16)23-20(28)25-22-12-14-8-10-15(11-9-14)18-24-19(21)27(3)26-18/h4-13H,1-3H3,(H2,21,24,26)(H2,23,25,28). The van der Waals surface area contributed by atoms with E-state index in [0.717, 1.165) is 16.8 Å². The number of rotatable bonds is 5. The second kappa shape index (κ2) is 8.62. The summed E-state index contributed by atoms with van der Waals surface area (Å²) in [5.41, 5.74) is 12.6. The number of nitrogens with one attached hydrogen (secondary N) is 2. The van der Waals surface area contributed by atoms with Gasteiger partial charge in [-0.1, -0.05) is 56.3 Å². The summed E-state index contributed by atoms with van der Waals surface area (Å²) in [7, 11) is 1.76. The zero-order valence-electron chi connectivity index (χ0n) is 16.0. The number of anilines is 2. The number of aromatic nitrogens is 3. The van der Waals surface area contributed by atoms with Crippen LogP contribution < -0.4 is 16.5 Å². The molecule has 0 saturated carbocycles. The third kappa shape index (κ3) is 4.72. The normalized spacial score (nSPS) is 11.1. The number of nitrogens with zero attached hydrogens (tertiary/aromatic N) is 4. The minimum absolute atomic E-state index is 0.380. The molecule has 7 nitrogen and oxygen atoms in total. The third-order valence-corrected chi connectivity index (χ3v) is 4.37. The molecule has 0 atom stereocenters. The van der Waals surface area contributed by atoms with E-state index in [0.29, 0.717) is 22.8 Å². The van der Waals surface area contributed by atoms with Crippen LogP contribution in [0.15, 0.2) is 53.6 Å². The first-order chi connectivity index (χ1) is 13.4. The van der Waals surface area contributed by atoms with Crippen LogP contribution in [0.25, 0.3) is 11.4 Å². The van der Waals surface area contributed by atoms with E-state index in [9.17, 15) is 0 Å². The molecule has 144 valence electrons. The van der Waals surface area contributed by atoms with Crippen molar-refractivity contribution in [3.05, 3.63) is 59.7 Å². The zero-order chi connectivity index (χ0) is 20.1. The minimum atomic E-state index is 0.380. The number of nitrogen functional groups attached to an aromatic ring is 1. The highest BCUT2D eigenvalue weighted by Gasteiger charge is 2.07. The van der Waals surface area contributed by atoms with E-state index >= 15 is 0 Å². The maximum atomic E-state index is 5.72. The van der Waals surface area contributed by atoms with Gasteiger partial charge in [-0.2, -0.15) is 10.1 Å². The Morgan fingerprint density at radius 2 is 1.89 bits per heavy atom. The summed E-state index contributed by atoms with van der Waals surface area (Å²) >= 11 is 5.33. The number of thiocarbonyl (C=S) groups is 1. The van der Waals surface area contributed by atoms with Gasteiger partial charge in [-0.15, -0.1) is 5.10 Å². The molecule has 0 aliphatic rings. The van der Waals surface area contributed by atoms with Crippen molar-refractivity contribution in [1.29, 1.82) is 0 Å². The molecule has 28 heavy (non-hydrogen) atoms. The molecule has 0 bridgehead atoms. The first-order valence-electron chi connectivity index (χ1n) is 8.90. The number of hydrogen-bond donors (Lipinski definition) is 3. The first-order valence-corrected chi connectivity index (χ1v) is 9.31. The fraction of sp³-hybridized carbons (Fsp3) is 0.200. The molecular formula is C20H23N7S. The molecule has 2 aromatic carbocycles. The van der Waals surface area contributed by atoms with E-state index < -0.39 is 0 Å². The topological polar surface area (TPSA) is 93.1 Å². The lowest BCUT2D eigenvalue weighted by atomic mass is 10.0. The lowest BCUT2D eigenvalue weighted by molar-refractivity contribution is 0.781. The molecule has 8 heteroatoms. The Kier molecular flexibility index (Phi) is 6.00. The second-order valence-electron chi connectivity index (χ2n) is 6.61. The zero-order valence-corrected chi connectivity index (χ0v) is 16.9. The van der Waals surface area contributed by atoms with Gasteiger partial charge in [0.1, 0.15) is 0 Å². The van der Waals surface area contributed by atoms with E-state index in [2.05, 4.69) is 45.8 Å². The summed E-state index contributed by atoms with van der Waals surface area (Å²) in [6, 6.07) is 15.8. The second-order valence-corrected chi connectivity index (χ2v) is 7.01. The molecule has 0 radical (unpaired) electrons. The molecule has 0 saturated heterocycles. The van der Waals surface area contributed by atoms with E-state index in [-0.39, 0.29) is 0 Å². The number of hydrazone groups is 1. The summed E-state index contributed by atoms with van der Waals surface area (Å²) in [6.07, 6.45) is 1.70. The highest BCUT2D eigenvalue weighted by atomic mass is 32.1. The fourth-order valence-electron chi connectivity index (χ4n) is 2.67. The highest BCUT2D eigenvalue weighted by molar-refractivity contribution is 7.80. The maximum absolute atomic E-state index is 5.72. The van der Waals surface area contributed by atoms with Crippen LogP contribution in [0.1, 0.15) is 30.9 Å². The maximum Gasteiger partial charge on any atom is 0.218 e. The molecular weight excluding hydrogens is 370 g/mol. The highest BCUT2D eigenvalue weighted by Crippen LogP contribution is 2.23. The lowest BCUT2D eigenvalue weighted by Crippen LogP contribution is -2.24. The minimum Gasteiger partial charge on any atom is -0.368 e. The van der Waals surface area contributed by atoms with Crippen molar-refractivity contribution >= 4 is 35.2 Å². The molecule has 0 spiro atoms. The van der Waals surface area contributed by atoms with Gasteiger partial charge in [0.25, 0.3) is 0 Å². The summed E-state index contributed by atoms with van der Waals surface area (Å²) in [5, 5.41) is 12.1. The van der Waals surface area contributed by atoms with Gasteiger partial charge in [0.15, 0.2) is 10.9 Å². The Morgan fingerprint density at radius 3 is 2.54 bits per heavy atom. The van der Waals surface area contributed by atoms with Crippen molar-refractivity contribution < 1.29 is 0 Å². The number of hydrogen-bond acceptors (Lipinski definition) is 5. The van der Waals surface area contributed by atoms with Gasteiger partial charge < -0.3 is 11.1 Å². The molecule has 0 aliphatic heterocycles. The van der Waals surface area contributed by atoms with Crippen LogP contribution in [-0.2, 0) is 7.05 Å². The first kappa shape index (κ1) is 19.5. The predicted molar refractivity (Wildman–Crippen MR) is 118 cm³/mol. The number of nitrogens with two attached hydrogens (primary N) is 1. The lowest BCUT2D eigenvalue weighted by Gasteiger charge is -2.14. The molecule has 0 amide bonds. The van der Waals surface area contributed by atoms with Gasteiger partial charge in [-0.25, -0.2) is 4.68 Å². The van der Waals surface area contributed by atoms with Gasteiger partial charge >= 0.3 is 0 Å². The molecule has 0 aliphatic carbocycles. The average Bonchev–Trinajstić information content (AvgIpc) is 3.01.